The van der Waals surface area contributed by atoms with Gasteiger partial charge in [-0.25, -0.2) is 4.98 Å². The molecule has 1 heterocycles. The van der Waals surface area contributed by atoms with Gasteiger partial charge in [0.25, 0.3) is 5.91 Å². The van der Waals surface area contributed by atoms with Crippen LogP contribution in [0.2, 0.25) is 0 Å². The molecule has 1 aromatic carbocycles. The Balaban J connectivity index is 1.85. The van der Waals surface area contributed by atoms with Gasteiger partial charge in [-0.05, 0) is 36.2 Å². The molecule has 0 aliphatic rings. The molecule has 0 radical (unpaired) electrons. The van der Waals surface area contributed by atoms with Gasteiger partial charge in [0, 0.05) is 17.2 Å². The summed E-state index contributed by atoms with van der Waals surface area (Å²) >= 11 is 3.38. The molecule has 0 aliphatic heterocycles. The fourth-order valence-electron chi connectivity index (χ4n) is 1.66. The number of carbonyl (C=O) groups excluding carboxylic acids is 1. The van der Waals surface area contributed by atoms with Gasteiger partial charge in [0.15, 0.2) is 0 Å². The molecule has 1 aromatic heterocycles. The quantitative estimate of drug-likeness (QED) is 0.937. The first-order valence-electron chi connectivity index (χ1n) is 6.08. The first-order valence-corrected chi connectivity index (χ1v) is 6.87. The van der Waals surface area contributed by atoms with Crippen molar-refractivity contribution in [3.8, 4) is 6.07 Å². The molecule has 0 aliphatic carbocycles. The van der Waals surface area contributed by atoms with E-state index in [9.17, 15) is 4.79 Å². The van der Waals surface area contributed by atoms with Crippen LogP contribution in [-0.4, -0.2) is 17.4 Å². The van der Waals surface area contributed by atoms with Crippen LogP contribution >= 0.6 is 15.9 Å². The lowest BCUT2D eigenvalue weighted by Gasteiger charge is -2.05. The summed E-state index contributed by atoms with van der Waals surface area (Å²) < 4.78 is 1.03. The summed E-state index contributed by atoms with van der Waals surface area (Å²) in [4.78, 5) is 15.8. The average molecular weight is 330 g/mol. The topological polar surface area (TPSA) is 65.8 Å². The summed E-state index contributed by atoms with van der Waals surface area (Å²) in [5, 5.41) is 11.5. The molecule has 0 fully saturated rings. The van der Waals surface area contributed by atoms with Crippen LogP contribution in [0.5, 0.6) is 0 Å². The molecule has 0 atom stereocenters. The van der Waals surface area contributed by atoms with Crippen molar-refractivity contribution in [2.24, 2.45) is 0 Å². The van der Waals surface area contributed by atoms with Crippen molar-refractivity contribution < 1.29 is 4.79 Å². The second kappa shape index (κ2) is 6.83. The maximum atomic E-state index is 11.8. The number of aromatic nitrogens is 1. The highest BCUT2D eigenvalue weighted by Crippen LogP contribution is 2.10. The van der Waals surface area contributed by atoms with E-state index in [4.69, 9.17) is 5.26 Å². The Bertz CT molecular complexity index is 630. The third-order valence-electron chi connectivity index (χ3n) is 2.74. The molecule has 0 saturated heterocycles. The molecule has 5 heteroatoms. The van der Waals surface area contributed by atoms with Gasteiger partial charge in [-0.1, -0.05) is 28.1 Å². The summed E-state index contributed by atoms with van der Waals surface area (Å²) in [6.45, 7) is 0.544. The maximum Gasteiger partial charge on any atom is 0.269 e. The summed E-state index contributed by atoms with van der Waals surface area (Å²) in [5.41, 5.74) is 1.91. The number of carbonyl (C=O) groups is 1. The molecular formula is C15H12BrN3O. The van der Waals surface area contributed by atoms with E-state index in [1.807, 2.05) is 30.3 Å². The van der Waals surface area contributed by atoms with Gasteiger partial charge in [0.05, 0.1) is 5.56 Å². The van der Waals surface area contributed by atoms with Crippen molar-refractivity contribution in [3.63, 3.8) is 0 Å². The van der Waals surface area contributed by atoms with Crippen molar-refractivity contribution in [3.05, 3.63) is 63.9 Å². The average Bonchev–Trinajstić information content (AvgIpc) is 2.49. The van der Waals surface area contributed by atoms with E-state index in [-0.39, 0.29) is 5.91 Å². The maximum absolute atomic E-state index is 11.8. The van der Waals surface area contributed by atoms with Gasteiger partial charge >= 0.3 is 0 Å². The summed E-state index contributed by atoms with van der Waals surface area (Å²) in [7, 11) is 0. The summed E-state index contributed by atoms with van der Waals surface area (Å²) in [6, 6.07) is 13.1. The molecule has 100 valence electrons. The minimum absolute atomic E-state index is 0.230. The molecule has 0 unspecified atom stereocenters. The number of pyridine rings is 1. The minimum Gasteiger partial charge on any atom is -0.350 e. The fraction of sp³-hybridized carbons (Fsp3) is 0.133. The van der Waals surface area contributed by atoms with Crippen molar-refractivity contribution in [1.82, 2.24) is 10.3 Å². The van der Waals surface area contributed by atoms with Crippen LogP contribution in [-0.2, 0) is 6.42 Å². The van der Waals surface area contributed by atoms with Crippen LogP contribution in [0, 0.1) is 11.3 Å². The van der Waals surface area contributed by atoms with Crippen LogP contribution in [0.3, 0.4) is 0 Å². The Kier molecular flexibility index (Phi) is 4.85. The molecule has 4 nitrogen and oxygen atoms in total. The monoisotopic (exact) mass is 329 g/mol. The van der Waals surface area contributed by atoms with Crippen molar-refractivity contribution >= 4 is 21.8 Å². The normalized spacial score (nSPS) is 9.80. The SMILES string of the molecule is N#Cc1ccc(C(=O)NCCc2ccc(Br)cc2)nc1. The molecule has 1 N–H and O–H groups in total. The van der Waals surface area contributed by atoms with E-state index in [0.717, 1.165) is 16.5 Å². The van der Waals surface area contributed by atoms with Gasteiger partial charge in [-0.3, -0.25) is 4.79 Å². The van der Waals surface area contributed by atoms with Crippen molar-refractivity contribution in [1.29, 1.82) is 5.26 Å². The molecule has 0 spiro atoms. The smallest absolute Gasteiger partial charge is 0.269 e. The van der Waals surface area contributed by atoms with Crippen molar-refractivity contribution in [2.45, 2.75) is 6.42 Å². The highest BCUT2D eigenvalue weighted by molar-refractivity contribution is 9.10. The number of nitriles is 1. The third-order valence-corrected chi connectivity index (χ3v) is 3.27. The van der Waals surface area contributed by atoms with E-state index < -0.39 is 0 Å². The zero-order valence-corrected chi connectivity index (χ0v) is 12.2. The van der Waals surface area contributed by atoms with Crippen LogP contribution in [0.1, 0.15) is 21.6 Å². The van der Waals surface area contributed by atoms with Gasteiger partial charge < -0.3 is 5.32 Å². The Morgan fingerprint density at radius 3 is 2.60 bits per heavy atom. The molecule has 1 amide bonds. The van der Waals surface area contributed by atoms with Gasteiger partial charge in [0.1, 0.15) is 11.8 Å². The van der Waals surface area contributed by atoms with Crippen LogP contribution < -0.4 is 5.32 Å². The minimum atomic E-state index is -0.230. The number of hydrogen-bond donors (Lipinski definition) is 1. The highest BCUT2D eigenvalue weighted by atomic mass is 79.9. The lowest BCUT2D eigenvalue weighted by atomic mass is 10.1. The van der Waals surface area contributed by atoms with Gasteiger partial charge in [-0.15, -0.1) is 0 Å². The summed E-state index contributed by atoms with van der Waals surface area (Å²) in [5.74, 6) is -0.230. The standard InChI is InChI=1S/C15H12BrN3O/c16-13-4-1-11(2-5-13)7-8-18-15(20)14-6-3-12(9-17)10-19-14/h1-6,10H,7-8H2,(H,18,20). The Morgan fingerprint density at radius 2 is 2.00 bits per heavy atom. The molecule has 20 heavy (non-hydrogen) atoms. The molecule has 2 aromatic rings. The van der Waals surface area contributed by atoms with E-state index in [1.54, 1.807) is 12.1 Å². The van der Waals surface area contributed by atoms with E-state index in [2.05, 4.69) is 26.2 Å². The van der Waals surface area contributed by atoms with E-state index in [0.29, 0.717) is 17.8 Å². The number of hydrogen-bond acceptors (Lipinski definition) is 3. The second-order valence-electron chi connectivity index (χ2n) is 4.18. The number of halogens is 1. The lowest BCUT2D eigenvalue weighted by molar-refractivity contribution is 0.0949. The molecular weight excluding hydrogens is 318 g/mol. The molecule has 2 rings (SSSR count). The number of nitrogens with one attached hydrogen (secondary N) is 1. The molecule has 0 bridgehead atoms. The van der Waals surface area contributed by atoms with Crippen LogP contribution in [0.15, 0.2) is 47.1 Å². The van der Waals surface area contributed by atoms with E-state index >= 15 is 0 Å². The first kappa shape index (κ1) is 14.2. The summed E-state index contributed by atoms with van der Waals surface area (Å²) in [6.07, 6.45) is 2.15. The molecule has 0 saturated carbocycles. The number of amides is 1. The number of benzene rings is 1. The lowest BCUT2D eigenvalue weighted by Crippen LogP contribution is -2.26. The largest absolute Gasteiger partial charge is 0.350 e. The number of rotatable bonds is 4. The van der Waals surface area contributed by atoms with E-state index in [1.165, 1.54) is 6.20 Å². The van der Waals surface area contributed by atoms with Crippen LogP contribution in [0.25, 0.3) is 0 Å². The van der Waals surface area contributed by atoms with Gasteiger partial charge in [-0.2, -0.15) is 5.26 Å². The highest BCUT2D eigenvalue weighted by Gasteiger charge is 2.06. The Morgan fingerprint density at radius 1 is 1.25 bits per heavy atom. The second-order valence-corrected chi connectivity index (χ2v) is 5.09. The number of nitrogens with zero attached hydrogens (tertiary/aromatic N) is 2. The first-order chi connectivity index (χ1) is 9.69. The predicted molar refractivity (Wildman–Crippen MR) is 79.1 cm³/mol. The Labute approximate surface area is 125 Å². The van der Waals surface area contributed by atoms with Crippen molar-refractivity contribution in [2.75, 3.05) is 6.54 Å². The Hall–Kier alpha value is -2.19. The predicted octanol–water partition coefficient (Wildman–Crippen LogP) is 2.69. The fourth-order valence-corrected chi connectivity index (χ4v) is 1.92. The zero-order valence-electron chi connectivity index (χ0n) is 10.6. The van der Waals surface area contributed by atoms with Crippen LogP contribution in [0.4, 0.5) is 0 Å². The van der Waals surface area contributed by atoms with Gasteiger partial charge in [0.2, 0.25) is 0 Å². The zero-order chi connectivity index (χ0) is 14.4. The third kappa shape index (κ3) is 3.90.